The third-order valence-electron chi connectivity index (χ3n) is 4.24. The Bertz CT molecular complexity index is 792. The minimum atomic E-state index is -1.17. The van der Waals surface area contributed by atoms with Crippen molar-refractivity contribution in [1.29, 1.82) is 0 Å². The molecule has 1 aromatic carbocycles. The van der Waals surface area contributed by atoms with Crippen LogP contribution in [0.1, 0.15) is 23.7 Å². The lowest BCUT2D eigenvalue weighted by Crippen LogP contribution is -2.43. The zero-order valence-electron chi connectivity index (χ0n) is 13.2. The van der Waals surface area contributed by atoms with Crippen molar-refractivity contribution in [3.8, 4) is 0 Å². The van der Waals surface area contributed by atoms with Gasteiger partial charge >= 0.3 is 5.97 Å². The molecule has 0 bridgehead atoms. The Morgan fingerprint density at radius 2 is 2.04 bits per heavy atom. The number of anilines is 1. The van der Waals surface area contributed by atoms with Crippen molar-refractivity contribution in [2.75, 3.05) is 31.1 Å². The Kier molecular flexibility index (Phi) is 4.34. The number of aromatic nitrogens is 1. The lowest BCUT2D eigenvalue weighted by Gasteiger charge is -2.29. The Morgan fingerprint density at radius 1 is 1.30 bits per heavy atom. The summed E-state index contributed by atoms with van der Waals surface area (Å²) < 4.78 is 1.86. The molecule has 0 aliphatic carbocycles. The summed E-state index contributed by atoms with van der Waals surface area (Å²) in [5, 5.41) is 13.1. The molecule has 0 amide bonds. The number of carbonyl (C=O) groups is 1. The van der Waals surface area contributed by atoms with Gasteiger partial charge in [0.25, 0.3) is 0 Å². The summed E-state index contributed by atoms with van der Waals surface area (Å²) in [5.74, 6) is -1.17. The summed E-state index contributed by atoms with van der Waals surface area (Å²) in [5.41, 5.74) is 1.20. The number of aryl methyl sites for hydroxylation is 1. The summed E-state index contributed by atoms with van der Waals surface area (Å²) in [6.07, 6.45) is 2.33. The number of fused-ring (bicyclic) bond motifs is 1. The monoisotopic (exact) mass is 315 g/mol. The summed E-state index contributed by atoms with van der Waals surface area (Å²) in [4.78, 5) is 26.1. The zero-order valence-corrected chi connectivity index (χ0v) is 13.2. The van der Waals surface area contributed by atoms with Gasteiger partial charge in [0, 0.05) is 50.0 Å². The second kappa shape index (κ2) is 6.42. The van der Waals surface area contributed by atoms with E-state index in [1.807, 2.05) is 29.7 Å². The zero-order chi connectivity index (χ0) is 16.4. The molecule has 0 unspecified atom stereocenters. The van der Waals surface area contributed by atoms with Crippen molar-refractivity contribution in [3.63, 3.8) is 0 Å². The molecule has 1 aliphatic heterocycles. The molecule has 6 heteroatoms. The molecule has 23 heavy (non-hydrogen) atoms. The van der Waals surface area contributed by atoms with Crippen LogP contribution in [0, 0.1) is 0 Å². The second-order valence-electron chi connectivity index (χ2n) is 5.81. The van der Waals surface area contributed by atoms with E-state index in [-0.39, 0.29) is 5.56 Å². The SMILES string of the molecule is CCCn1cc(C(=O)O)c(=O)c2cc(N3CCNCC3)ccc21. The number of benzene rings is 1. The maximum absolute atomic E-state index is 12.5. The van der Waals surface area contributed by atoms with Gasteiger partial charge < -0.3 is 19.9 Å². The first kappa shape index (κ1) is 15.6. The molecule has 2 heterocycles. The van der Waals surface area contributed by atoms with Crippen molar-refractivity contribution in [2.45, 2.75) is 19.9 Å². The van der Waals surface area contributed by atoms with E-state index in [1.54, 1.807) is 0 Å². The largest absolute Gasteiger partial charge is 0.477 e. The topological polar surface area (TPSA) is 74.6 Å². The van der Waals surface area contributed by atoms with Crippen LogP contribution in [0.5, 0.6) is 0 Å². The number of aromatic carboxylic acids is 1. The Balaban J connectivity index is 2.17. The summed E-state index contributed by atoms with van der Waals surface area (Å²) in [6.45, 7) is 6.30. The van der Waals surface area contributed by atoms with Crippen LogP contribution < -0.4 is 15.6 Å². The molecular formula is C17H21N3O3. The molecule has 0 radical (unpaired) electrons. The second-order valence-corrected chi connectivity index (χ2v) is 5.81. The van der Waals surface area contributed by atoms with Crippen LogP contribution in [0.15, 0.2) is 29.2 Å². The van der Waals surface area contributed by atoms with Crippen molar-refractivity contribution < 1.29 is 9.90 Å². The van der Waals surface area contributed by atoms with Gasteiger partial charge in [0.1, 0.15) is 5.56 Å². The first-order chi connectivity index (χ1) is 11.1. The first-order valence-electron chi connectivity index (χ1n) is 7.98. The molecule has 122 valence electrons. The van der Waals surface area contributed by atoms with Gasteiger partial charge in [-0.1, -0.05) is 6.92 Å². The minimum Gasteiger partial charge on any atom is -0.477 e. The third kappa shape index (κ3) is 2.94. The van der Waals surface area contributed by atoms with Crippen molar-refractivity contribution >= 4 is 22.6 Å². The molecule has 0 spiro atoms. The predicted molar refractivity (Wildman–Crippen MR) is 90.5 cm³/mol. The Labute approximate surface area is 134 Å². The third-order valence-corrected chi connectivity index (χ3v) is 4.24. The number of rotatable bonds is 4. The van der Waals surface area contributed by atoms with Crippen LogP contribution in [0.2, 0.25) is 0 Å². The highest BCUT2D eigenvalue weighted by Gasteiger charge is 2.17. The fourth-order valence-corrected chi connectivity index (χ4v) is 3.08. The number of nitrogens with one attached hydrogen (secondary N) is 1. The number of piperazine rings is 1. The van der Waals surface area contributed by atoms with Gasteiger partial charge in [-0.25, -0.2) is 4.79 Å². The Hall–Kier alpha value is -2.34. The average Bonchev–Trinajstić information content (AvgIpc) is 2.57. The van der Waals surface area contributed by atoms with Gasteiger partial charge in [-0.3, -0.25) is 4.79 Å². The number of carboxylic acid groups (broad SMARTS) is 1. The molecule has 2 aromatic rings. The van der Waals surface area contributed by atoms with Gasteiger partial charge in [-0.2, -0.15) is 0 Å². The molecule has 1 aromatic heterocycles. The van der Waals surface area contributed by atoms with E-state index in [4.69, 9.17) is 0 Å². The van der Waals surface area contributed by atoms with E-state index < -0.39 is 11.4 Å². The quantitative estimate of drug-likeness (QED) is 0.895. The van der Waals surface area contributed by atoms with Crippen LogP contribution in [-0.4, -0.2) is 41.8 Å². The van der Waals surface area contributed by atoms with Gasteiger partial charge in [0.05, 0.1) is 5.52 Å². The van der Waals surface area contributed by atoms with Gasteiger partial charge in [0.2, 0.25) is 5.43 Å². The molecule has 1 aliphatic rings. The standard InChI is InChI=1S/C17H21N3O3/c1-2-7-20-11-14(17(22)23)16(21)13-10-12(3-4-15(13)20)19-8-5-18-6-9-19/h3-4,10-11,18H,2,5-9H2,1H3,(H,22,23). The van der Waals surface area contributed by atoms with Crippen LogP contribution in [0.4, 0.5) is 5.69 Å². The highest BCUT2D eigenvalue weighted by Crippen LogP contribution is 2.21. The van der Waals surface area contributed by atoms with Crippen LogP contribution in [0.25, 0.3) is 10.9 Å². The maximum atomic E-state index is 12.5. The molecule has 2 N–H and O–H groups in total. The molecule has 3 rings (SSSR count). The molecule has 0 atom stereocenters. The number of hydrogen-bond acceptors (Lipinski definition) is 4. The molecular weight excluding hydrogens is 294 g/mol. The number of carboxylic acids is 1. The molecule has 1 saturated heterocycles. The van der Waals surface area contributed by atoms with Crippen molar-refractivity contribution in [2.24, 2.45) is 0 Å². The van der Waals surface area contributed by atoms with E-state index in [9.17, 15) is 14.7 Å². The van der Waals surface area contributed by atoms with E-state index in [2.05, 4.69) is 10.2 Å². The highest BCUT2D eigenvalue weighted by atomic mass is 16.4. The van der Waals surface area contributed by atoms with Crippen LogP contribution in [0.3, 0.4) is 0 Å². The van der Waals surface area contributed by atoms with E-state index in [0.29, 0.717) is 11.9 Å². The summed E-state index contributed by atoms with van der Waals surface area (Å²) >= 11 is 0. The number of nitrogens with zero attached hydrogens (tertiary/aromatic N) is 2. The minimum absolute atomic E-state index is 0.164. The number of pyridine rings is 1. The molecule has 0 saturated carbocycles. The van der Waals surface area contributed by atoms with Gasteiger partial charge in [-0.15, -0.1) is 0 Å². The lowest BCUT2D eigenvalue weighted by atomic mass is 10.1. The Morgan fingerprint density at radius 3 is 2.70 bits per heavy atom. The fourth-order valence-electron chi connectivity index (χ4n) is 3.08. The van der Waals surface area contributed by atoms with Crippen LogP contribution in [-0.2, 0) is 6.54 Å². The fraction of sp³-hybridized carbons (Fsp3) is 0.412. The average molecular weight is 315 g/mol. The van der Waals surface area contributed by atoms with Crippen molar-refractivity contribution in [1.82, 2.24) is 9.88 Å². The highest BCUT2D eigenvalue weighted by molar-refractivity contribution is 5.93. The maximum Gasteiger partial charge on any atom is 0.341 e. The number of hydrogen-bond donors (Lipinski definition) is 2. The molecule has 6 nitrogen and oxygen atoms in total. The van der Waals surface area contributed by atoms with E-state index in [1.165, 1.54) is 6.20 Å². The normalized spacial score (nSPS) is 15.1. The smallest absolute Gasteiger partial charge is 0.341 e. The van der Waals surface area contributed by atoms with Gasteiger partial charge in [-0.05, 0) is 24.6 Å². The summed E-state index contributed by atoms with van der Waals surface area (Å²) in [6, 6.07) is 5.77. The predicted octanol–water partition coefficient (Wildman–Crippen LogP) is 1.52. The lowest BCUT2D eigenvalue weighted by molar-refractivity contribution is 0.0695. The van der Waals surface area contributed by atoms with Crippen LogP contribution >= 0.6 is 0 Å². The molecule has 1 fully saturated rings. The summed E-state index contributed by atoms with van der Waals surface area (Å²) in [7, 11) is 0. The van der Waals surface area contributed by atoms with E-state index >= 15 is 0 Å². The van der Waals surface area contributed by atoms with Crippen molar-refractivity contribution in [3.05, 3.63) is 40.2 Å². The first-order valence-corrected chi connectivity index (χ1v) is 7.98. The van der Waals surface area contributed by atoms with E-state index in [0.717, 1.165) is 43.8 Å². The van der Waals surface area contributed by atoms with Gasteiger partial charge in [0.15, 0.2) is 0 Å².